The van der Waals surface area contributed by atoms with Gasteiger partial charge in [-0.3, -0.25) is 19.7 Å². The summed E-state index contributed by atoms with van der Waals surface area (Å²) in [5.41, 5.74) is 0.191. The number of halogens is 1. The van der Waals surface area contributed by atoms with E-state index < -0.39 is 16.4 Å². The van der Waals surface area contributed by atoms with Gasteiger partial charge < -0.3 is 14.2 Å². The minimum Gasteiger partial charge on any atom is -0.472 e. The Kier molecular flexibility index (Phi) is 5.30. The van der Waals surface area contributed by atoms with Crippen LogP contribution in [0.15, 0.2) is 47.3 Å². The molecular weight excluding hydrogens is 357 g/mol. The number of nitro groups is 1. The van der Waals surface area contributed by atoms with Crippen molar-refractivity contribution in [2.24, 2.45) is 0 Å². The molecule has 27 heavy (non-hydrogen) atoms. The Bertz CT molecular complexity index is 886. The number of carbonyl (C=O) groups excluding carboxylic acids is 2. The molecule has 0 N–H and O–H groups in total. The van der Waals surface area contributed by atoms with Crippen molar-refractivity contribution in [2.45, 2.75) is 0 Å². The van der Waals surface area contributed by atoms with Crippen molar-refractivity contribution >= 4 is 23.6 Å². The van der Waals surface area contributed by atoms with Crippen LogP contribution in [0.1, 0.15) is 15.9 Å². The van der Waals surface area contributed by atoms with Gasteiger partial charge in [0.1, 0.15) is 12.1 Å². The van der Waals surface area contributed by atoms with E-state index in [9.17, 15) is 24.1 Å². The summed E-state index contributed by atoms with van der Waals surface area (Å²) in [6.07, 6.45) is 5.31. The minimum absolute atomic E-state index is 0.142. The normalized spacial score (nSPS) is 14.6. The summed E-state index contributed by atoms with van der Waals surface area (Å²) in [6, 6.07) is 4.73. The van der Waals surface area contributed by atoms with Crippen LogP contribution in [0.25, 0.3) is 6.08 Å². The first kappa shape index (κ1) is 18.3. The molecule has 1 aromatic carbocycles. The molecule has 1 aliphatic heterocycles. The van der Waals surface area contributed by atoms with E-state index in [1.165, 1.54) is 30.7 Å². The van der Waals surface area contributed by atoms with Crippen LogP contribution >= 0.6 is 0 Å². The maximum Gasteiger partial charge on any atom is 0.279 e. The lowest BCUT2D eigenvalue weighted by Crippen LogP contribution is -2.50. The van der Waals surface area contributed by atoms with Crippen LogP contribution in [-0.2, 0) is 4.79 Å². The van der Waals surface area contributed by atoms with Crippen LogP contribution in [0, 0.1) is 15.9 Å². The Morgan fingerprint density at radius 2 is 1.85 bits per heavy atom. The lowest BCUT2D eigenvalue weighted by atomic mass is 10.1. The number of rotatable bonds is 4. The van der Waals surface area contributed by atoms with Gasteiger partial charge in [0.25, 0.3) is 11.6 Å². The molecule has 1 saturated heterocycles. The van der Waals surface area contributed by atoms with Gasteiger partial charge in [-0.2, -0.15) is 0 Å². The van der Waals surface area contributed by atoms with E-state index in [2.05, 4.69) is 0 Å². The fourth-order valence-corrected chi connectivity index (χ4v) is 2.78. The fraction of sp³-hybridized carbons (Fsp3) is 0.222. The zero-order chi connectivity index (χ0) is 19.4. The highest BCUT2D eigenvalue weighted by Crippen LogP contribution is 2.21. The van der Waals surface area contributed by atoms with Crippen molar-refractivity contribution in [3.8, 4) is 0 Å². The maximum atomic E-state index is 13.2. The smallest absolute Gasteiger partial charge is 0.279 e. The monoisotopic (exact) mass is 373 g/mol. The molecule has 2 amide bonds. The molecule has 0 spiro atoms. The van der Waals surface area contributed by atoms with Crippen LogP contribution < -0.4 is 0 Å². The van der Waals surface area contributed by atoms with E-state index in [0.29, 0.717) is 31.7 Å². The molecule has 0 aliphatic carbocycles. The lowest BCUT2D eigenvalue weighted by Gasteiger charge is -2.34. The molecule has 1 aromatic heterocycles. The summed E-state index contributed by atoms with van der Waals surface area (Å²) in [7, 11) is 0. The van der Waals surface area contributed by atoms with E-state index >= 15 is 0 Å². The van der Waals surface area contributed by atoms with E-state index in [-0.39, 0.29) is 17.4 Å². The molecule has 2 heterocycles. The molecule has 0 bridgehead atoms. The molecule has 0 unspecified atom stereocenters. The van der Waals surface area contributed by atoms with Gasteiger partial charge in [-0.25, -0.2) is 4.39 Å². The standard InChI is InChI=1S/C18H16FN3O5/c19-15-3-1-13(16(11-15)22(25)26)2-4-17(23)20-6-8-21(9-7-20)18(24)14-5-10-27-12-14/h1-5,10-12H,6-9H2. The third-order valence-electron chi connectivity index (χ3n) is 4.24. The summed E-state index contributed by atoms with van der Waals surface area (Å²) < 4.78 is 18.1. The van der Waals surface area contributed by atoms with Crippen LogP contribution in [0.4, 0.5) is 10.1 Å². The zero-order valence-corrected chi connectivity index (χ0v) is 14.2. The fourth-order valence-electron chi connectivity index (χ4n) is 2.78. The van der Waals surface area contributed by atoms with Crippen LogP contribution in [0.2, 0.25) is 0 Å². The Morgan fingerprint density at radius 1 is 1.15 bits per heavy atom. The number of benzene rings is 1. The van der Waals surface area contributed by atoms with Gasteiger partial charge in [-0.1, -0.05) is 0 Å². The Balaban J connectivity index is 1.61. The van der Waals surface area contributed by atoms with E-state index in [4.69, 9.17) is 4.42 Å². The number of hydrogen-bond donors (Lipinski definition) is 0. The molecule has 140 valence electrons. The topological polar surface area (TPSA) is 96.9 Å². The first-order valence-electron chi connectivity index (χ1n) is 8.18. The number of carbonyl (C=O) groups is 2. The van der Waals surface area contributed by atoms with Crippen LogP contribution in [-0.4, -0.2) is 52.7 Å². The number of piperazine rings is 1. The SMILES string of the molecule is O=C(C=Cc1ccc(F)cc1[N+](=O)[O-])N1CCN(C(=O)c2ccoc2)CC1. The number of amides is 2. The molecule has 0 radical (unpaired) electrons. The molecular formula is C18H16FN3O5. The highest BCUT2D eigenvalue weighted by Gasteiger charge is 2.24. The second kappa shape index (κ2) is 7.81. The summed E-state index contributed by atoms with van der Waals surface area (Å²) in [5.74, 6) is -1.21. The van der Waals surface area contributed by atoms with Gasteiger partial charge in [0.15, 0.2) is 0 Å². The van der Waals surface area contributed by atoms with E-state index in [1.54, 1.807) is 15.9 Å². The quantitative estimate of drug-likeness (QED) is 0.465. The van der Waals surface area contributed by atoms with Gasteiger partial charge in [0.2, 0.25) is 5.91 Å². The zero-order valence-electron chi connectivity index (χ0n) is 14.2. The summed E-state index contributed by atoms with van der Waals surface area (Å²) in [5, 5.41) is 11.0. The van der Waals surface area contributed by atoms with Crippen molar-refractivity contribution in [3.05, 3.63) is 69.9 Å². The molecule has 1 fully saturated rings. The van der Waals surface area contributed by atoms with E-state index in [0.717, 1.165) is 12.1 Å². The van der Waals surface area contributed by atoms with E-state index in [1.807, 2.05) is 0 Å². The molecule has 1 aliphatic rings. The Hall–Kier alpha value is -3.49. The van der Waals surface area contributed by atoms with Gasteiger partial charge in [0.05, 0.1) is 28.4 Å². The van der Waals surface area contributed by atoms with Crippen molar-refractivity contribution in [2.75, 3.05) is 26.2 Å². The number of furan rings is 1. The second-order valence-electron chi connectivity index (χ2n) is 5.92. The van der Waals surface area contributed by atoms with Crippen molar-refractivity contribution in [1.29, 1.82) is 0 Å². The summed E-state index contributed by atoms with van der Waals surface area (Å²) in [6.45, 7) is 1.44. The molecule has 8 nitrogen and oxygen atoms in total. The van der Waals surface area contributed by atoms with Crippen LogP contribution in [0.5, 0.6) is 0 Å². The highest BCUT2D eigenvalue weighted by molar-refractivity contribution is 5.95. The highest BCUT2D eigenvalue weighted by atomic mass is 19.1. The predicted molar refractivity (Wildman–Crippen MR) is 93.3 cm³/mol. The van der Waals surface area contributed by atoms with Gasteiger partial charge in [-0.05, 0) is 24.3 Å². The third-order valence-corrected chi connectivity index (χ3v) is 4.24. The average Bonchev–Trinajstić information content (AvgIpc) is 3.21. The lowest BCUT2D eigenvalue weighted by molar-refractivity contribution is -0.385. The molecule has 3 rings (SSSR count). The number of nitrogens with zero attached hydrogens (tertiary/aromatic N) is 3. The first-order valence-corrected chi connectivity index (χ1v) is 8.18. The molecule has 2 aromatic rings. The molecule has 0 atom stereocenters. The van der Waals surface area contributed by atoms with Gasteiger partial charge >= 0.3 is 0 Å². The summed E-state index contributed by atoms with van der Waals surface area (Å²) in [4.78, 5) is 38.0. The predicted octanol–water partition coefficient (Wildman–Crippen LogP) is 2.32. The number of hydrogen-bond acceptors (Lipinski definition) is 5. The van der Waals surface area contributed by atoms with Gasteiger partial charge in [0, 0.05) is 32.3 Å². The summed E-state index contributed by atoms with van der Waals surface area (Å²) >= 11 is 0. The maximum absolute atomic E-state index is 13.2. The Labute approximate surface area is 153 Å². The molecule has 9 heteroatoms. The molecule has 0 saturated carbocycles. The van der Waals surface area contributed by atoms with Crippen molar-refractivity contribution < 1.29 is 23.3 Å². The first-order chi connectivity index (χ1) is 13.0. The minimum atomic E-state index is -0.719. The van der Waals surface area contributed by atoms with Gasteiger partial charge in [-0.15, -0.1) is 0 Å². The Morgan fingerprint density at radius 3 is 2.48 bits per heavy atom. The van der Waals surface area contributed by atoms with Crippen molar-refractivity contribution in [3.63, 3.8) is 0 Å². The number of nitro benzene ring substituents is 1. The van der Waals surface area contributed by atoms with Crippen molar-refractivity contribution in [1.82, 2.24) is 9.80 Å². The van der Waals surface area contributed by atoms with Crippen LogP contribution in [0.3, 0.4) is 0 Å². The largest absolute Gasteiger partial charge is 0.472 e. The average molecular weight is 373 g/mol. The second-order valence-corrected chi connectivity index (χ2v) is 5.92. The third kappa shape index (κ3) is 4.20.